The molecule has 2 aromatic rings. The largest absolute Gasteiger partial charge is 0.494 e. The van der Waals surface area contributed by atoms with Crippen LogP contribution >= 0.6 is 0 Å². The van der Waals surface area contributed by atoms with Crippen LogP contribution in [0.1, 0.15) is 29.3 Å². The maximum atomic E-state index is 12.8. The minimum Gasteiger partial charge on any atom is -0.494 e. The van der Waals surface area contributed by atoms with Crippen molar-refractivity contribution in [2.75, 3.05) is 6.61 Å². The molecule has 126 valence electrons. The molecule has 2 N–H and O–H groups in total. The second-order valence-electron chi connectivity index (χ2n) is 5.09. The van der Waals surface area contributed by atoms with E-state index in [1.165, 1.54) is 12.1 Å². The van der Waals surface area contributed by atoms with Crippen molar-refractivity contribution in [2.24, 2.45) is 0 Å². The highest BCUT2D eigenvalue weighted by Crippen LogP contribution is 2.11. The van der Waals surface area contributed by atoms with Crippen LogP contribution in [-0.2, 0) is 11.2 Å². The molecule has 0 spiro atoms. The summed E-state index contributed by atoms with van der Waals surface area (Å²) in [5.41, 5.74) is 5.98. The Labute approximate surface area is 139 Å². The van der Waals surface area contributed by atoms with Crippen molar-refractivity contribution in [1.29, 1.82) is 0 Å². The Balaban J connectivity index is 1.76. The molecule has 2 amide bonds. The van der Waals surface area contributed by atoms with Gasteiger partial charge in [-0.2, -0.15) is 0 Å². The van der Waals surface area contributed by atoms with Crippen molar-refractivity contribution >= 4 is 11.8 Å². The van der Waals surface area contributed by atoms with Crippen LogP contribution in [0.2, 0.25) is 0 Å². The number of aryl methyl sites for hydroxylation is 1. The molecule has 0 aromatic heterocycles. The highest BCUT2D eigenvalue weighted by Gasteiger charge is 2.08. The zero-order chi connectivity index (χ0) is 17.4. The third kappa shape index (κ3) is 5.39. The maximum Gasteiger partial charge on any atom is 0.269 e. The molecule has 2 rings (SSSR count). The van der Waals surface area contributed by atoms with Gasteiger partial charge in [-0.1, -0.05) is 12.1 Å². The van der Waals surface area contributed by atoms with E-state index in [0.29, 0.717) is 24.3 Å². The van der Waals surface area contributed by atoms with Crippen LogP contribution in [0.5, 0.6) is 5.75 Å². The van der Waals surface area contributed by atoms with Gasteiger partial charge in [-0.05, 0) is 55.3 Å². The number of nitrogens with one attached hydrogen (secondary N) is 2. The topological polar surface area (TPSA) is 67.4 Å². The molecule has 0 aliphatic heterocycles. The van der Waals surface area contributed by atoms with Gasteiger partial charge < -0.3 is 4.74 Å². The minimum absolute atomic E-state index is 0.190. The summed E-state index contributed by atoms with van der Waals surface area (Å²) in [7, 11) is 0. The van der Waals surface area contributed by atoms with Crippen molar-refractivity contribution in [3.63, 3.8) is 0 Å². The van der Waals surface area contributed by atoms with Crippen molar-refractivity contribution in [3.05, 3.63) is 65.5 Å². The van der Waals surface area contributed by atoms with E-state index < -0.39 is 5.91 Å². The number of hydrazine groups is 1. The fourth-order valence-corrected chi connectivity index (χ4v) is 2.04. The van der Waals surface area contributed by atoms with E-state index in [1.54, 1.807) is 36.4 Å². The molecule has 0 saturated heterocycles. The number of amides is 2. The number of carbonyl (C=O) groups is 2. The SMILES string of the molecule is CCOc1ccc(C(=O)NNC(=O)CCc2ccc(F)cc2)cc1. The minimum atomic E-state index is -0.409. The number of benzene rings is 2. The first kappa shape index (κ1) is 17.5. The maximum absolute atomic E-state index is 12.8. The predicted octanol–water partition coefficient (Wildman–Crippen LogP) is 2.62. The zero-order valence-electron chi connectivity index (χ0n) is 13.3. The van der Waals surface area contributed by atoms with Gasteiger partial charge in [0.2, 0.25) is 5.91 Å². The van der Waals surface area contributed by atoms with E-state index >= 15 is 0 Å². The van der Waals surface area contributed by atoms with Crippen LogP contribution in [0.25, 0.3) is 0 Å². The van der Waals surface area contributed by atoms with Gasteiger partial charge in [-0.15, -0.1) is 0 Å². The third-order valence-electron chi connectivity index (χ3n) is 3.30. The Kier molecular flexibility index (Phi) is 6.31. The Morgan fingerprint density at radius 2 is 1.67 bits per heavy atom. The summed E-state index contributed by atoms with van der Waals surface area (Å²) in [6.07, 6.45) is 0.653. The van der Waals surface area contributed by atoms with Gasteiger partial charge in [0.25, 0.3) is 5.91 Å². The van der Waals surface area contributed by atoms with Gasteiger partial charge in [-0.25, -0.2) is 4.39 Å². The van der Waals surface area contributed by atoms with Gasteiger partial charge in [0, 0.05) is 12.0 Å². The fourth-order valence-electron chi connectivity index (χ4n) is 2.04. The Morgan fingerprint density at radius 1 is 1.00 bits per heavy atom. The van der Waals surface area contributed by atoms with Crippen LogP contribution in [0.4, 0.5) is 4.39 Å². The number of ether oxygens (including phenoxy) is 1. The molecule has 0 fully saturated rings. The lowest BCUT2D eigenvalue weighted by Crippen LogP contribution is -2.41. The predicted molar refractivity (Wildman–Crippen MR) is 87.9 cm³/mol. The summed E-state index contributed by atoms with van der Waals surface area (Å²) in [6.45, 7) is 2.43. The van der Waals surface area contributed by atoms with Gasteiger partial charge >= 0.3 is 0 Å². The highest BCUT2D eigenvalue weighted by molar-refractivity contribution is 5.95. The molecular weight excluding hydrogens is 311 g/mol. The quantitative estimate of drug-likeness (QED) is 0.800. The van der Waals surface area contributed by atoms with E-state index in [2.05, 4.69) is 10.9 Å². The molecule has 0 aliphatic carbocycles. The first-order valence-corrected chi connectivity index (χ1v) is 7.65. The van der Waals surface area contributed by atoms with E-state index in [-0.39, 0.29) is 18.1 Å². The summed E-state index contributed by atoms with van der Waals surface area (Å²) in [5.74, 6) is -0.366. The van der Waals surface area contributed by atoms with Gasteiger partial charge in [0.05, 0.1) is 6.61 Å². The van der Waals surface area contributed by atoms with Gasteiger partial charge in [-0.3, -0.25) is 20.4 Å². The van der Waals surface area contributed by atoms with Crippen LogP contribution in [0, 0.1) is 5.82 Å². The molecule has 0 aliphatic rings. The van der Waals surface area contributed by atoms with E-state index in [4.69, 9.17) is 4.74 Å². The zero-order valence-corrected chi connectivity index (χ0v) is 13.3. The Hall–Kier alpha value is -2.89. The molecule has 2 aromatic carbocycles. The Bertz CT molecular complexity index is 684. The average molecular weight is 330 g/mol. The second kappa shape index (κ2) is 8.67. The van der Waals surface area contributed by atoms with Crippen molar-refractivity contribution in [3.8, 4) is 5.75 Å². The van der Waals surface area contributed by atoms with Gasteiger partial charge in [0.15, 0.2) is 0 Å². The lowest BCUT2D eigenvalue weighted by Gasteiger charge is -2.08. The van der Waals surface area contributed by atoms with Gasteiger partial charge in [0.1, 0.15) is 11.6 Å². The second-order valence-corrected chi connectivity index (χ2v) is 5.09. The smallest absolute Gasteiger partial charge is 0.269 e. The summed E-state index contributed by atoms with van der Waals surface area (Å²) in [4.78, 5) is 23.7. The summed E-state index contributed by atoms with van der Waals surface area (Å²) in [5, 5.41) is 0. The van der Waals surface area contributed by atoms with E-state index in [0.717, 1.165) is 5.56 Å². The first-order valence-electron chi connectivity index (χ1n) is 7.65. The highest BCUT2D eigenvalue weighted by atomic mass is 19.1. The standard InChI is InChI=1S/C18H19FN2O3/c1-2-24-16-10-6-14(7-11-16)18(23)21-20-17(22)12-5-13-3-8-15(19)9-4-13/h3-4,6-11H,2,5,12H2,1H3,(H,20,22)(H,21,23). The van der Waals surface area contributed by atoms with Crippen LogP contribution in [0.15, 0.2) is 48.5 Å². The molecular formula is C18H19FN2O3. The molecule has 0 heterocycles. The molecule has 5 nitrogen and oxygen atoms in total. The number of carbonyl (C=O) groups excluding carboxylic acids is 2. The molecule has 0 saturated carbocycles. The normalized spacial score (nSPS) is 10.1. The van der Waals surface area contributed by atoms with E-state index in [9.17, 15) is 14.0 Å². The van der Waals surface area contributed by atoms with E-state index in [1.807, 2.05) is 6.92 Å². The number of rotatable bonds is 6. The lowest BCUT2D eigenvalue weighted by molar-refractivity contribution is -0.121. The van der Waals surface area contributed by atoms with Crippen molar-refractivity contribution < 1.29 is 18.7 Å². The van der Waals surface area contributed by atoms with Crippen molar-refractivity contribution in [1.82, 2.24) is 10.9 Å². The Morgan fingerprint density at radius 3 is 2.29 bits per heavy atom. The number of hydrogen-bond donors (Lipinski definition) is 2. The van der Waals surface area contributed by atoms with Crippen LogP contribution in [0.3, 0.4) is 0 Å². The van der Waals surface area contributed by atoms with Crippen molar-refractivity contribution in [2.45, 2.75) is 19.8 Å². The summed E-state index contributed by atoms with van der Waals surface area (Å²) < 4.78 is 18.1. The van der Waals surface area contributed by atoms with Crippen LogP contribution in [-0.4, -0.2) is 18.4 Å². The molecule has 0 atom stereocenters. The lowest BCUT2D eigenvalue weighted by atomic mass is 10.1. The fraction of sp³-hybridized carbons (Fsp3) is 0.222. The number of halogens is 1. The summed E-state index contributed by atoms with van der Waals surface area (Å²) in [6, 6.07) is 12.6. The van der Waals surface area contributed by atoms with Crippen LogP contribution < -0.4 is 15.6 Å². The number of hydrogen-bond acceptors (Lipinski definition) is 3. The first-order chi connectivity index (χ1) is 11.6. The summed E-state index contributed by atoms with van der Waals surface area (Å²) >= 11 is 0. The molecule has 0 bridgehead atoms. The third-order valence-corrected chi connectivity index (χ3v) is 3.30. The molecule has 0 unspecified atom stereocenters. The molecule has 24 heavy (non-hydrogen) atoms. The molecule has 6 heteroatoms. The molecule has 0 radical (unpaired) electrons. The monoisotopic (exact) mass is 330 g/mol. The average Bonchev–Trinajstić information content (AvgIpc) is 2.60.